The minimum absolute atomic E-state index is 0.0483. The smallest absolute Gasteiger partial charge is 0.323 e. The monoisotopic (exact) mass is 345 g/mol. The highest BCUT2D eigenvalue weighted by Crippen LogP contribution is 2.09. The number of imidazole rings is 1. The van der Waals surface area contributed by atoms with Gasteiger partial charge in [0.05, 0.1) is 58.8 Å². The number of aliphatic hydroxyl groups is 2. The van der Waals surface area contributed by atoms with E-state index in [2.05, 4.69) is 9.97 Å². The predicted octanol–water partition coefficient (Wildman–Crippen LogP) is -1.19. The maximum absolute atomic E-state index is 12.2. The summed E-state index contributed by atoms with van der Waals surface area (Å²) >= 11 is 0. The molecule has 1 aromatic rings. The van der Waals surface area contributed by atoms with Crippen molar-refractivity contribution in [2.75, 3.05) is 59.8 Å². The molecule has 0 amide bonds. The third kappa shape index (κ3) is 7.84. The number of ether oxygens (including phenoxy) is 3. The van der Waals surface area contributed by atoms with Crippen molar-refractivity contribution >= 4 is 5.97 Å². The summed E-state index contributed by atoms with van der Waals surface area (Å²) < 4.78 is 15.5. The van der Waals surface area contributed by atoms with Crippen LogP contribution in [0, 0.1) is 0 Å². The molecule has 1 heterocycles. The molecule has 0 saturated heterocycles. The van der Waals surface area contributed by atoms with Crippen LogP contribution >= 0.6 is 0 Å². The molecule has 0 bridgehead atoms. The molecule has 0 aliphatic rings. The van der Waals surface area contributed by atoms with Gasteiger partial charge in [0, 0.05) is 25.7 Å². The molecule has 0 aromatic carbocycles. The zero-order chi connectivity index (χ0) is 17.6. The quantitative estimate of drug-likeness (QED) is 0.285. The molecule has 1 unspecified atom stereocenters. The number of esters is 1. The van der Waals surface area contributed by atoms with Crippen LogP contribution in [0.4, 0.5) is 0 Å². The molecule has 0 spiro atoms. The molecule has 0 aliphatic heterocycles. The molecular weight excluding hydrogens is 318 g/mol. The fourth-order valence-corrected chi connectivity index (χ4v) is 2.22. The summed E-state index contributed by atoms with van der Waals surface area (Å²) in [5, 5.41) is 17.5. The van der Waals surface area contributed by atoms with Gasteiger partial charge in [0.2, 0.25) is 0 Å². The van der Waals surface area contributed by atoms with Gasteiger partial charge < -0.3 is 29.4 Å². The van der Waals surface area contributed by atoms with E-state index >= 15 is 0 Å². The molecule has 1 aromatic heterocycles. The van der Waals surface area contributed by atoms with E-state index in [9.17, 15) is 4.79 Å². The van der Waals surface area contributed by atoms with Crippen LogP contribution in [0.1, 0.15) is 5.69 Å². The van der Waals surface area contributed by atoms with Crippen LogP contribution < -0.4 is 0 Å². The number of aromatic amines is 1. The van der Waals surface area contributed by atoms with Gasteiger partial charge in [-0.15, -0.1) is 0 Å². The zero-order valence-electron chi connectivity index (χ0n) is 14.0. The minimum atomic E-state index is -0.520. The van der Waals surface area contributed by atoms with E-state index in [-0.39, 0.29) is 32.4 Å². The van der Waals surface area contributed by atoms with Crippen LogP contribution in [0.3, 0.4) is 0 Å². The fraction of sp³-hybridized carbons (Fsp3) is 0.733. The number of carbonyl (C=O) groups excluding carboxylic acids is 1. The molecule has 9 nitrogen and oxygen atoms in total. The number of H-pyrrole nitrogens is 1. The fourth-order valence-electron chi connectivity index (χ4n) is 2.22. The summed E-state index contributed by atoms with van der Waals surface area (Å²) in [6.45, 7) is 2.09. The van der Waals surface area contributed by atoms with E-state index < -0.39 is 6.04 Å². The van der Waals surface area contributed by atoms with Crippen molar-refractivity contribution in [2.45, 2.75) is 12.5 Å². The molecule has 138 valence electrons. The van der Waals surface area contributed by atoms with Crippen molar-refractivity contribution in [1.82, 2.24) is 14.9 Å². The van der Waals surface area contributed by atoms with Gasteiger partial charge in [0.15, 0.2) is 0 Å². The van der Waals surface area contributed by atoms with E-state index in [0.717, 1.165) is 5.69 Å². The topological polar surface area (TPSA) is 117 Å². The van der Waals surface area contributed by atoms with Crippen molar-refractivity contribution in [3.05, 3.63) is 18.2 Å². The maximum Gasteiger partial charge on any atom is 0.323 e. The number of aromatic nitrogens is 2. The minimum Gasteiger partial charge on any atom is -0.468 e. The van der Waals surface area contributed by atoms with Crippen LogP contribution in [0.15, 0.2) is 12.5 Å². The maximum atomic E-state index is 12.2. The first kappa shape index (κ1) is 20.5. The lowest BCUT2D eigenvalue weighted by atomic mass is 10.1. The van der Waals surface area contributed by atoms with Crippen LogP contribution in [-0.2, 0) is 25.4 Å². The van der Waals surface area contributed by atoms with Gasteiger partial charge in [0.1, 0.15) is 6.04 Å². The number of aliphatic hydroxyl groups excluding tert-OH is 2. The summed E-state index contributed by atoms with van der Waals surface area (Å²) in [5.74, 6) is -0.359. The highest BCUT2D eigenvalue weighted by Gasteiger charge is 2.27. The predicted molar refractivity (Wildman–Crippen MR) is 85.5 cm³/mol. The molecular formula is C15H27N3O6. The van der Waals surface area contributed by atoms with E-state index in [0.29, 0.717) is 32.7 Å². The Hall–Kier alpha value is -1.52. The third-order valence-electron chi connectivity index (χ3n) is 3.39. The molecule has 3 N–H and O–H groups in total. The standard InChI is InChI=1S/C15H27N3O6/c1-22-15(21)14(10-13-11-16-12-17-13)18(2-6-23-8-4-19)3-7-24-9-5-20/h11-12,14,19-20H,2-10H2,1H3,(H,16,17). The first-order chi connectivity index (χ1) is 11.7. The van der Waals surface area contributed by atoms with E-state index in [1.54, 1.807) is 12.5 Å². The molecule has 0 radical (unpaired) electrons. The molecule has 24 heavy (non-hydrogen) atoms. The number of methoxy groups -OCH3 is 1. The average molecular weight is 345 g/mol. The Morgan fingerprint density at radius 2 is 1.83 bits per heavy atom. The van der Waals surface area contributed by atoms with Crippen molar-refractivity contribution in [3.8, 4) is 0 Å². The Labute approximate surface area is 141 Å². The Balaban J connectivity index is 2.68. The molecule has 0 aliphatic carbocycles. The SMILES string of the molecule is COC(=O)C(Cc1c[nH]cn1)N(CCOCCO)CCOCCO. The van der Waals surface area contributed by atoms with E-state index in [1.807, 2.05) is 4.90 Å². The Morgan fingerprint density at radius 1 is 1.21 bits per heavy atom. The Kier molecular flexibility index (Phi) is 11.0. The molecule has 1 atom stereocenters. The summed E-state index contributed by atoms with van der Waals surface area (Å²) in [7, 11) is 1.35. The molecule has 9 heteroatoms. The van der Waals surface area contributed by atoms with Crippen LogP contribution in [0.5, 0.6) is 0 Å². The van der Waals surface area contributed by atoms with E-state index in [4.69, 9.17) is 24.4 Å². The molecule has 1 rings (SSSR count). The summed E-state index contributed by atoms with van der Waals surface area (Å²) in [6, 6.07) is -0.520. The van der Waals surface area contributed by atoms with Crippen LogP contribution in [0.2, 0.25) is 0 Å². The average Bonchev–Trinajstić information content (AvgIpc) is 3.11. The lowest BCUT2D eigenvalue weighted by Crippen LogP contribution is -2.46. The van der Waals surface area contributed by atoms with Gasteiger partial charge >= 0.3 is 5.97 Å². The second kappa shape index (κ2) is 12.8. The molecule has 0 saturated carbocycles. The zero-order valence-corrected chi connectivity index (χ0v) is 14.0. The van der Waals surface area contributed by atoms with Crippen LogP contribution in [-0.4, -0.2) is 96.9 Å². The number of nitrogens with zero attached hydrogens (tertiary/aromatic N) is 2. The second-order valence-electron chi connectivity index (χ2n) is 5.01. The van der Waals surface area contributed by atoms with Crippen molar-refractivity contribution in [1.29, 1.82) is 0 Å². The van der Waals surface area contributed by atoms with Gasteiger partial charge in [-0.25, -0.2) is 4.98 Å². The highest BCUT2D eigenvalue weighted by molar-refractivity contribution is 5.76. The number of nitrogens with one attached hydrogen (secondary N) is 1. The first-order valence-electron chi connectivity index (χ1n) is 7.89. The number of rotatable bonds is 14. The van der Waals surface area contributed by atoms with Gasteiger partial charge in [0.25, 0.3) is 0 Å². The lowest BCUT2D eigenvalue weighted by molar-refractivity contribution is -0.147. The third-order valence-corrected chi connectivity index (χ3v) is 3.39. The van der Waals surface area contributed by atoms with Crippen molar-refractivity contribution in [2.24, 2.45) is 0 Å². The van der Waals surface area contributed by atoms with E-state index in [1.165, 1.54) is 7.11 Å². The second-order valence-corrected chi connectivity index (χ2v) is 5.01. The summed E-state index contributed by atoms with van der Waals surface area (Å²) in [6.07, 6.45) is 3.69. The van der Waals surface area contributed by atoms with Gasteiger partial charge in [-0.2, -0.15) is 0 Å². The largest absolute Gasteiger partial charge is 0.468 e. The first-order valence-corrected chi connectivity index (χ1v) is 7.89. The highest BCUT2D eigenvalue weighted by atomic mass is 16.5. The van der Waals surface area contributed by atoms with Gasteiger partial charge in [-0.3, -0.25) is 9.69 Å². The lowest BCUT2D eigenvalue weighted by Gasteiger charge is -2.29. The van der Waals surface area contributed by atoms with Crippen molar-refractivity contribution in [3.63, 3.8) is 0 Å². The number of carbonyl (C=O) groups is 1. The Bertz CT molecular complexity index is 417. The van der Waals surface area contributed by atoms with Gasteiger partial charge in [-0.05, 0) is 0 Å². The van der Waals surface area contributed by atoms with Crippen molar-refractivity contribution < 1.29 is 29.2 Å². The normalized spacial score (nSPS) is 12.5. The summed E-state index contributed by atoms with van der Waals surface area (Å²) in [4.78, 5) is 21.1. The summed E-state index contributed by atoms with van der Waals surface area (Å²) in [5.41, 5.74) is 0.753. The Morgan fingerprint density at radius 3 is 2.29 bits per heavy atom. The number of hydrogen-bond acceptors (Lipinski definition) is 8. The van der Waals surface area contributed by atoms with Gasteiger partial charge in [-0.1, -0.05) is 0 Å². The number of hydrogen-bond donors (Lipinski definition) is 3. The van der Waals surface area contributed by atoms with Crippen LogP contribution in [0.25, 0.3) is 0 Å². The molecule has 0 fully saturated rings.